The van der Waals surface area contributed by atoms with Crippen LogP contribution in [0.1, 0.15) is 13.3 Å². The van der Waals surface area contributed by atoms with Gasteiger partial charge < -0.3 is 0 Å². The highest BCUT2D eigenvalue weighted by atomic mass is 35.7. The summed E-state index contributed by atoms with van der Waals surface area (Å²) in [5.41, 5.74) is -1.77. The molecule has 0 fully saturated rings. The number of hydrogen-bond donors (Lipinski definition) is 0. The molecule has 0 saturated carbocycles. The molecule has 155 valence electrons. The molecule has 0 N–H and O–H groups in total. The summed E-state index contributed by atoms with van der Waals surface area (Å²) in [5.74, 6) is -41.6. The first kappa shape index (κ1) is 25.7. The number of rotatable bonds is 9. The Morgan fingerprint density at radius 1 is 0.769 bits per heavy atom. The Kier molecular flexibility index (Phi) is 7.18. The minimum atomic E-state index is -7.58. The molecule has 0 spiro atoms. The maximum atomic E-state index is 13.5. The van der Waals surface area contributed by atoms with Gasteiger partial charge in [0.05, 0.1) is 0 Å². The summed E-state index contributed by atoms with van der Waals surface area (Å²) >= 11 is 10.3. The Hall–Kier alpha value is -0.303. The largest absolute Gasteiger partial charge is 0.385 e. The predicted octanol–water partition coefficient (Wildman–Crippen LogP) is 6.73. The van der Waals surface area contributed by atoms with Crippen molar-refractivity contribution in [1.29, 1.82) is 0 Å². The van der Waals surface area contributed by atoms with Gasteiger partial charge in [-0.3, -0.25) is 0 Å². The minimum absolute atomic E-state index is 0.690. The molecule has 0 aliphatic heterocycles. The molecule has 1 atom stereocenters. The van der Waals surface area contributed by atoms with E-state index in [0.29, 0.717) is 6.92 Å². The molecule has 26 heavy (non-hydrogen) atoms. The highest BCUT2D eigenvalue weighted by molar-refractivity contribution is 7.34. The van der Waals surface area contributed by atoms with Crippen molar-refractivity contribution in [2.24, 2.45) is 0 Å². The van der Waals surface area contributed by atoms with Gasteiger partial charge in [0, 0.05) is 6.42 Å². The second-order valence-corrected chi connectivity index (χ2v) is 9.81. The molecule has 0 aromatic carbocycles. The summed E-state index contributed by atoms with van der Waals surface area (Å²) in [6.45, 7) is 2.68. The predicted molar refractivity (Wildman–Crippen MR) is 71.4 cm³/mol. The molecule has 0 aromatic heterocycles. The highest BCUT2D eigenvalue weighted by Gasteiger charge is 2.89. The van der Waals surface area contributed by atoms with Crippen LogP contribution in [-0.4, -0.2) is 43.0 Å². The molecule has 0 aliphatic rings. The number of halogens is 14. The highest BCUT2D eigenvalue weighted by Crippen LogP contribution is 2.61. The van der Waals surface area contributed by atoms with Crippen LogP contribution in [-0.2, 0) is 0 Å². The fraction of sp³-hybridized carbons (Fsp3) is 0.818. The van der Waals surface area contributed by atoms with Gasteiger partial charge in [-0.1, -0.05) is 13.5 Å². The lowest BCUT2D eigenvalue weighted by Crippen LogP contribution is -2.70. The quantitative estimate of drug-likeness (QED) is 0.152. The number of allylic oxidation sites excluding steroid dienone is 1. The van der Waals surface area contributed by atoms with Crippen molar-refractivity contribution in [1.82, 2.24) is 0 Å². The van der Waals surface area contributed by atoms with Crippen molar-refractivity contribution in [3.8, 4) is 0 Å². The Labute approximate surface area is 150 Å². The van der Waals surface area contributed by atoms with Crippen LogP contribution in [0.4, 0.5) is 52.7 Å². The Balaban J connectivity index is 6.22. The van der Waals surface area contributed by atoms with E-state index in [1.165, 1.54) is 0 Å². The number of alkyl halides is 12. The molecule has 0 saturated heterocycles. The third-order valence-electron chi connectivity index (χ3n) is 3.25. The summed E-state index contributed by atoms with van der Waals surface area (Å²) in [7, 11) is -2.82. The average molecular weight is 468 g/mol. The third-order valence-corrected chi connectivity index (χ3v) is 6.44. The molecule has 0 heterocycles. The van der Waals surface area contributed by atoms with E-state index in [2.05, 4.69) is 0 Å². The Morgan fingerprint density at radius 3 is 1.42 bits per heavy atom. The van der Waals surface area contributed by atoms with E-state index >= 15 is 0 Å². The molecular formula is C11H9Cl2F12Si. The summed E-state index contributed by atoms with van der Waals surface area (Å²) in [4.78, 5) is 0. The molecule has 0 bridgehead atoms. The van der Waals surface area contributed by atoms with E-state index < -0.39 is 61.0 Å². The Morgan fingerprint density at radius 2 is 1.12 bits per heavy atom. The lowest BCUT2D eigenvalue weighted by molar-refractivity contribution is -0.420. The van der Waals surface area contributed by atoms with E-state index in [0.717, 1.165) is 0 Å². The van der Waals surface area contributed by atoms with Crippen molar-refractivity contribution in [2.75, 3.05) is 0 Å². The molecule has 0 aliphatic carbocycles. The van der Waals surface area contributed by atoms with Crippen LogP contribution in [0.2, 0.25) is 5.54 Å². The lowest BCUT2D eigenvalue weighted by Gasteiger charge is -2.41. The standard InChI is InChI=1S/C11H9Cl2F12Si/c1-3-6(14,15)8(18,19)10(22,23)11(24,25)9(20,21)7(16,17)4-5(2)26(12)13/h3,5H,1,4H2,2H3. The molecular weight excluding hydrogens is 459 g/mol. The van der Waals surface area contributed by atoms with Crippen molar-refractivity contribution >= 4 is 29.6 Å². The second kappa shape index (κ2) is 7.26. The fourth-order valence-electron chi connectivity index (χ4n) is 1.55. The van der Waals surface area contributed by atoms with Gasteiger partial charge in [0.25, 0.3) is 7.42 Å². The van der Waals surface area contributed by atoms with Crippen LogP contribution in [0.25, 0.3) is 0 Å². The van der Waals surface area contributed by atoms with Crippen molar-refractivity contribution in [3.63, 3.8) is 0 Å². The topological polar surface area (TPSA) is 0 Å². The fourth-order valence-corrected chi connectivity index (χ4v) is 2.42. The van der Waals surface area contributed by atoms with Gasteiger partial charge in [-0.05, 0) is 11.6 Å². The van der Waals surface area contributed by atoms with Crippen molar-refractivity contribution in [2.45, 2.75) is 54.4 Å². The summed E-state index contributed by atoms with van der Waals surface area (Å²) < 4.78 is 159. The van der Waals surface area contributed by atoms with E-state index in [-0.39, 0.29) is 0 Å². The Bertz CT molecular complexity index is 519. The van der Waals surface area contributed by atoms with E-state index in [1.807, 2.05) is 6.58 Å². The first-order valence-electron chi connectivity index (χ1n) is 6.22. The normalized spacial score (nSPS) is 16.8. The van der Waals surface area contributed by atoms with Gasteiger partial charge in [0.15, 0.2) is 0 Å². The van der Waals surface area contributed by atoms with Gasteiger partial charge in [0.2, 0.25) is 0 Å². The first-order valence-corrected chi connectivity index (χ1v) is 9.82. The van der Waals surface area contributed by atoms with E-state index in [9.17, 15) is 52.7 Å². The van der Waals surface area contributed by atoms with Crippen LogP contribution in [0.3, 0.4) is 0 Å². The molecule has 1 radical (unpaired) electrons. The van der Waals surface area contributed by atoms with Crippen LogP contribution in [0.15, 0.2) is 12.7 Å². The van der Waals surface area contributed by atoms with Crippen LogP contribution < -0.4 is 0 Å². The minimum Gasteiger partial charge on any atom is -0.200 e. The molecule has 15 heteroatoms. The molecule has 1 unspecified atom stereocenters. The zero-order chi connectivity index (χ0) is 21.6. The molecule has 0 amide bonds. The van der Waals surface area contributed by atoms with Gasteiger partial charge in [-0.2, -0.15) is 52.7 Å². The first-order chi connectivity index (χ1) is 11.1. The van der Waals surface area contributed by atoms with Gasteiger partial charge in [0.1, 0.15) is 0 Å². The zero-order valence-electron chi connectivity index (χ0n) is 12.4. The zero-order valence-corrected chi connectivity index (χ0v) is 14.9. The summed E-state index contributed by atoms with van der Waals surface area (Å²) in [5, 5.41) is 0. The SMILES string of the molecule is C=CC(F)(F)C(F)(F)C(F)(F)C(F)(F)C(F)(F)C(F)(F)CC(C)[Si](Cl)Cl. The van der Waals surface area contributed by atoms with Crippen molar-refractivity contribution < 1.29 is 52.7 Å². The maximum Gasteiger partial charge on any atom is 0.385 e. The van der Waals surface area contributed by atoms with E-state index in [1.54, 1.807) is 0 Å². The summed E-state index contributed by atoms with van der Waals surface area (Å²) in [6.07, 6.45) is -3.48. The van der Waals surface area contributed by atoms with Crippen molar-refractivity contribution in [3.05, 3.63) is 12.7 Å². The monoisotopic (exact) mass is 467 g/mol. The van der Waals surface area contributed by atoms with E-state index in [4.69, 9.17) is 22.2 Å². The average Bonchev–Trinajstić information content (AvgIpc) is 2.45. The van der Waals surface area contributed by atoms with Crippen LogP contribution in [0.5, 0.6) is 0 Å². The maximum absolute atomic E-state index is 13.5. The molecule has 0 rings (SSSR count). The van der Waals surface area contributed by atoms with Crippen LogP contribution in [0, 0.1) is 0 Å². The molecule has 0 nitrogen and oxygen atoms in total. The molecule has 0 aromatic rings. The third kappa shape index (κ3) is 3.80. The van der Waals surface area contributed by atoms with Crippen LogP contribution >= 0.6 is 22.2 Å². The smallest absolute Gasteiger partial charge is 0.200 e. The second-order valence-electron chi connectivity index (χ2n) is 5.22. The van der Waals surface area contributed by atoms with Gasteiger partial charge in [-0.15, -0.1) is 22.2 Å². The number of hydrogen-bond acceptors (Lipinski definition) is 0. The summed E-state index contributed by atoms with van der Waals surface area (Å²) in [6, 6.07) is 0. The van der Waals surface area contributed by atoms with Gasteiger partial charge in [-0.25, -0.2) is 0 Å². The lowest BCUT2D eigenvalue weighted by atomic mass is 9.90. The van der Waals surface area contributed by atoms with Gasteiger partial charge >= 0.3 is 35.5 Å².